The van der Waals surface area contributed by atoms with E-state index in [2.05, 4.69) is 54.2 Å². The second kappa shape index (κ2) is 15.5. The van der Waals surface area contributed by atoms with Crippen LogP contribution >= 0.6 is 0 Å². The summed E-state index contributed by atoms with van der Waals surface area (Å²) in [5.41, 5.74) is 4.94. The zero-order valence-corrected chi connectivity index (χ0v) is 34.5. The van der Waals surface area contributed by atoms with E-state index in [0.29, 0.717) is 23.0 Å². The van der Waals surface area contributed by atoms with Gasteiger partial charge < -0.3 is 39.9 Å². The molecule has 58 heavy (non-hydrogen) atoms. The molecule has 0 spiro atoms. The van der Waals surface area contributed by atoms with E-state index in [1.807, 2.05) is 53.4 Å². The SMILES string of the molecule is COC(=O)N[C@@H](C)C(=O)N1C[Si](C)(C)C[C@H]1c1ncc(-c2ccc(-c3ccc4c(ccc5nc([C@@H]6CC(F)(F)CN6C(=O)[C@@H](NC(=O)OC)C(C)C)[nH]c54)c3)cc2)[nH]1. The minimum atomic E-state index is -3.14. The molecular weight excluding hydrogens is 767 g/mol. The molecule has 0 saturated carbocycles. The molecule has 2 saturated heterocycles. The minimum absolute atomic E-state index is 0.178. The third-order valence-electron chi connectivity index (χ3n) is 11.1. The fourth-order valence-electron chi connectivity index (χ4n) is 8.12. The van der Waals surface area contributed by atoms with Crippen molar-refractivity contribution in [3.63, 3.8) is 0 Å². The molecule has 4 N–H and O–H groups in total. The molecule has 2 fully saturated rings. The summed E-state index contributed by atoms with van der Waals surface area (Å²) in [5, 5.41) is 6.83. The standard InChI is InChI=1S/C41H48F2N8O6Si/c1-22(2)33(49-40(55)57-5)38(53)50-20-41(42,43)17-31(50)36-46-29-15-13-27-16-26(12-14-28(27)34(29)48-36)24-8-10-25(11-9-24)30-18-44-35(47-30)32-19-58(6,7)21-51(32)37(52)23(3)45-39(54)56-4/h8-16,18,22-23,31-33H,17,19-21H2,1-7H3,(H,44,47)(H,45,54)(H,46,48)(H,49,55)/t23-,31-,32-,33-/m0/s1. The summed E-state index contributed by atoms with van der Waals surface area (Å²) < 4.78 is 39.2. The van der Waals surface area contributed by atoms with Crippen molar-refractivity contribution in [2.24, 2.45) is 5.92 Å². The summed E-state index contributed by atoms with van der Waals surface area (Å²) in [6, 6.07) is 15.6. The maximum absolute atomic E-state index is 14.9. The number of likely N-dealkylation sites (tertiary alicyclic amines) is 1. The zero-order chi connectivity index (χ0) is 41.7. The number of nitrogens with zero attached hydrogens (tertiary/aromatic N) is 4. The van der Waals surface area contributed by atoms with Gasteiger partial charge in [0, 0.05) is 18.0 Å². The van der Waals surface area contributed by atoms with Gasteiger partial charge in [-0.25, -0.2) is 28.3 Å². The van der Waals surface area contributed by atoms with Gasteiger partial charge in [0.25, 0.3) is 5.92 Å². The Bertz CT molecular complexity index is 2380. The fourth-order valence-corrected chi connectivity index (χ4v) is 11.0. The van der Waals surface area contributed by atoms with E-state index in [1.54, 1.807) is 27.0 Å². The highest BCUT2D eigenvalue weighted by molar-refractivity contribution is 6.78. The molecule has 0 aliphatic carbocycles. The normalized spacial score (nSPS) is 19.7. The topological polar surface area (TPSA) is 175 Å². The van der Waals surface area contributed by atoms with Crippen LogP contribution in [0.2, 0.25) is 19.1 Å². The number of benzene rings is 3. The quantitative estimate of drug-likeness (QED) is 0.116. The molecule has 4 heterocycles. The van der Waals surface area contributed by atoms with Gasteiger partial charge in [-0.1, -0.05) is 69.4 Å². The van der Waals surface area contributed by atoms with Crippen molar-refractivity contribution in [1.82, 2.24) is 40.4 Å². The molecule has 4 atom stereocenters. The summed E-state index contributed by atoms with van der Waals surface area (Å²) in [6.07, 6.45) is 0.357. The smallest absolute Gasteiger partial charge is 0.407 e. The van der Waals surface area contributed by atoms with Crippen LogP contribution in [0.4, 0.5) is 18.4 Å². The number of amides is 4. The molecule has 5 aromatic rings. The molecule has 2 aromatic heterocycles. The van der Waals surface area contributed by atoms with Crippen molar-refractivity contribution in [1.29, 1.82) is 0 Å². The average Bonchev–Trinajstić information content (AvgIpc) is 3.99. The first-order chi connectivity index (χ1) is 27.5. The first-order valence-electron chi connectivity index (χ1n) is 19.2. The Morgan fingerprint density at radius 1 is 0.845 bits per heavy atom. The van der Waals surface area contributed by atoms with E-state index >= 15 is 0 Å². The van der Waals surface area contributed by atoms with Crippen LogP contribution < -0.4 is 10.6 Å². The summed E-state index contributed by atoms with van der Waals surface area (Å²) in [6.45, 7) is 8.79. The van der Waals surface area contributed by atoms with Gasteiger partial charge in [0.15, 0.2) is 0 Å². The van der Waals surface area contributed by atoms with Gasteiger partial charge in [-0.3, -0.25) is 9.59 Å². The molecule has 2 aliphatic rings. The third-order valence-corrected chi connectivity index (χ3v) is 13.8. The van der Waals surface area contributed by atoms with Crippen LogP contribution in [-0.2, 0) is 19.1 Å². The fraction of sp³-hybridized carbons (Fsp3) is 0.415. The first-order valence-corrected chi connectivity index (χ1v) is 22.6. The van der Waals surface area contributed by atoms with Crippen molar-refractivity contribution in [3.05, 3.63) is 72.4 Å². The maximum Gasteiger partial charge on any atom is 0.407 e. The Morgan fingerprint density at radius 3 is 2.21 bits per heavy atom. The highest BCUT2D eigenvalue weighted by Crippen LogP contribution is 2.42. The molecule has 7 rings (SSSR count). The Labute approximate surface area is 335 Å². The summed E-state index contributed by atoms with van der Waals surface area (Å²) >= 11 is 0. The van der Waals surface area contributed by atoms with Gasteiger partial charge in [0.2, 0.25) is 11.8 Å². The average molecular weight is 815 g/mol. The maximum atomic E-state index is 14.9. The van der Waals surface area contributed by atoms with Crippen LogP contribution in [-0.4, -0.2) is 107 Å². The molecule has 306 valence electrons. The van der Waals surface area contributed by atoms with Crippen molar-refractivity contribution in [2.75, 3.05) is 26.9 Å². The second-order valence-corrected chi connectivity index (χ2v) is 21.4. The predicted molar refractivity (Wildman–Crippen MR) is 217 cm³/mol. The van der Waals surface area contributed by atoms with E-state index in [1.165, 1.54) is 14.2 Å². The van der Waals surface area contributed by atoms with Gasteiger partial charge in [-0.05, 0) is 53.1 Å². The lowest BCUT2D eigenvalue weighted by atomic mass is 9.99. The van der Waals surface area contributed by atoms with Gasteiger partial charge in [-0.2, -0.15) is 0 Å². The Balaban J connectivity index is 1.10. The third kappa shape index (κ3) is 7.99. The van der Waals surface area contributed by atoms with Crippen molar-refractivity contribution >= 4 is 53.9 Å². The van der Waals surface area contributed by atoms with E-state index in [9.17, 15) is 28.0 Å². The van der Waals surface area contributed by atoms with E-state index in [-0.39, 0.29) is 23.7 Å². The molecule has 17 heteroatoms. The number of rotatable bonds is 9. The number of hydrogen-bond acceptors (Lipinski definition) is 8. The molecule has 0 unspecified atom stereocenters. The predicted octanol–water partition coefficient (Wildman–Crippen LogP) is 6.94. The zero-order valence-electron chi connectivity index (χ0n) is 33.5. The van der Waals surface area contributed by atoms with E-state index < -0.39 is 63.2 Å². The van der Waals surface area contributed by atoms with Gasteiger partial charge in [0.05, 0.1) is 63.8 Å². The Kier molecular flexibility index (Phi) is 10.8. The van der Waals surface area contributed by atoms with Crippen LogP contribution in [0.15, 0.2) is 60.8 Å². The van der Waals surface area contributed by atoms with Gasteiger partial charge in [0.1, 0.15) is 23.7 Å². The van der Waals surface area contributed by atoms with E-state index in [4.69, 9.17) is 4.98 Å². The molecule has 14 nitrogen and oxygen atoms in total. The number of fused-ring (bicyclic) bond motifs is 3. The van der Waals surface area contributed by atoms with Crippen LogP contribution in [0.1, 0.15) is 50.9 Å². The van der Waals surface area contributed by atoms with Crippen molar-refractivity contribution in [3.8, 4) is 22.4 Å². The summed E-state index contributed by atoms with van der Waals surface area (Å²) in [7, 11) is 0.693. The highest BCUT2D eigenvalue weighted by Gasteiger charge is 2.50. The summed E-state index contributed by atoms with van der Waals surface area (Å²) in [4.78, 5) is 69.8. The Hall–Kier alpha value is -5.84. The molecule has 2 aliphatic heterocycles. The number of carbonyl (C=O) groups is 4. The number of aromatic nitrogens is 4. The minimum Gasteiger partial charge on any atom is -0.453 e. The number of H-pyrrole nitrogens is 2. The number of hydrogen-bond donors (Lipinski definition) is 4. The molecule has 0 radical (unpaired) electrons. The number of halogens is 2. The number of imidazole rings is 2. The number of carbonyl (C=O) groups excluding carboxylic acids is 4. The van der Waals surface area contributed by atoms with Gasteiger partial charge in [-0.15, -0.1) is 0 Å². The number of nitrogens with one attached hydrogen (secondary N) is 4. The number of methoxy groups -OCH3 is 2. The van der Waals surface area contributed by atoms with E-state index in [0.717, 1.165) is 44.1 Å². The lowest BCUT2D eigenvalue weighted by molar-refractivity contribution is -0.136. The molecule has 3 aromatic carbocycles. The largest absolute Gasteiger partial charge is 0.453 e. The highest BCUT2D eigenvalue weighted by atomic mass is 28.3. The van der Waals surface area contributed by atoms with Crippen molar-refractivity contribution in [2.45, 2.75) is 76.4 Å². The van der Waals surface area contributed by atoms with Crippen LogP contribution in [0, 0.1) is 5.92 Å². The van der Waals surface area contributed by atoms with Crippen LogP contribution in [0.3, 0.4) is 0 Å². The van der Waals surface area contributed by atoms with Crippen LogP contribution in [0.5, 0.6) is 0 Å². The monoisotopic (exact) mass is 814 g/mol. The number of alkyl carbamates (subject to hydrolysis) is 2. The number of alkyl halides is 2. The first kappa shape index (κ1) is 40.4. The second-order valence-electron chi connectivity index (χ2n) is 16.4. The number of aromatic amines is 2. The molecule has 4 amide bonds. The summed E-state index contributed by atoms with van der Waals surface area (Å²) in [5.74, 6) is -3.37. The number of ether oxygens (including phenoxy) is 2. The molecular formula is C41H48F2N8O6Si. The molecule has 0 bridgehead atoms. The Morgan fingerprint density at radius 2 is 1.52 bits per heavy atom. The van der Waals surface area contributed by atoms with Crippen LogP contribution in [0.25, 0.3) is 44.2 Å². The van der Waals surface area contributed by atoms with Crippen molar-refractivity contribution < 1.29 is 37.4 Å². The lowest BCUT2D eigenvalue weighted by Gasteiger charge is -2.29. The van der Waals surface area contributed by atoms with Gasteiger partial charge >= 0.3 is 12.2 Å². The lowest BCUT2D eigenvalue weighted by Crippen LogP contribution is -2.51.